The van der Waals surface area contributed by atoms with Gasteiger partial charge in [-0.2, -0.15) is 11.3 Å². The third-order valence-electron chi connectivity index (χ3n) is 2.70. The van der Waals surface area contributed by atoms with Gasteiger partial charge in [0.15, 0.2) is 6.54 Å². The van der Waals surface area contributed by atoms with Crippen molar-refractivity contribution in [3.8, 4) is 0 Å². The Bertz CT molecular complexity index is 542. The molecule has 19 heavy (non-hydrogen) atoms. The Kier molecular flexibility index (Phi) is 5.13. The summed E-state index contributed by atoms with van der Waals surface area (Å²) >= 11 is 5.10. The van der Waals surface area contributed by atoms with E-state index in [9.17, 15) is 4.79 Å². The first-order valence-corrected chi connectivity index (χ1v) is 7.75. The van der Waals surface area contributed by atoms with Gasteiger partial charge in [0.25, 0.3) is 5.91 Å². The smallest absolute Gasteiger partial charge is 0.279 e. The molecule has 1 aromatic carbocycles. The van der Waals surface area contributed by atoms with Gasteiger partial charge in [0.1, 0.15) is 6.54 Å². The highest BCUT2D eigenvalue weighted by Crippen LogP contribution is 2.20. The number of thiophene rings is 1. The van der Waals surface area contributed by atoms with Crippen LogP contribution in [-0.4, -0.2) is 19.5 Å². The maximum Gasteiger partial charge on any atom is 0.279 e. The van der Waals surface area contributed by atoms with E-state index in [1.807, 2.05) is 31.3 Å². The Morgan fingerprint density at radius 3 is 2.84 bits per heavy atom. The third kappa shape index (κ3) is 4.45. The molecule has 0 bridgehead atoms. The molecule has 2 rings (SSSR count). The minimum absolute atomic E-state index is 0.0274. The van der Waals surface area contributed by atoms with Crippen LogP contribution in [0.4, 0.5) is 5.69 Å². The normalized spacial score (nSPS) is 12.1. The zero-order valence-corrected chi connectivity index (χ0v) is 13.1. The molecule has 0 aliphatic carbocycles. The van der Waals surface area contributed by atoms with E-state index in [-0.39, 0.29) is 5.91 Å². The van der Waals surface area contributed by atoms with Crippen LogP contribution in [0.25, 0.3) is 0 Å². The maximum atomic E-state index is 12.0. The van der Waals surface area contributed by atoms with Crippen molar-refractivity contribution in [2.24, 2.45) is 0 Å². The van der Waals surface area contributed by atoms with Crippen LogP contribution in [0.5, 0.6) is 0 Å². The molecular weight excluding hydrogens is 324 g/mol. The number of nitrogens with one attached hydrogen (secondary N) is 2. The number of anilines is 1. The molecule has 0 radical (unpaired) electrons. The maximum absolute atomic E-state index is 12.0. The number of quaternary nitrogens is 1. The summed E-state index contributed by atoms with van der Waals surface area (Å²) in [4.78, 5) is 13.1. The van der Waals surface area contributed by atoms with Crippen molar-refractivity contribution in [1.29, 1.82) is 0 Å². The summed E-state index contributed by atoms with van der Waals surface area (Å²) in [5.41, 5.74) is 2.09. The average Bonchev–Trinajstić information content (AvgIpc) is 2.84. The molecule has 0 aliphatic rings. The number of para-hydroxylation sites is 1. The lowest BCUT2D eigenvalue weighted by Crippen LogP contribution is -3.08. The largest absolute Gasteiger partial charge is 0.326 e. The molecule has 100 valence electrons. The van der Waals surface area contributed by atoms with Crippen LogP contribution in [-0.2, 0) is 11.3 Å². The van der Waals surface area contributed by atoms with Crippen molar-refractivity contribution in [3.05, 3.63) is 51.1 Å². The number of hydrogen-bond acceptors (Lipinski definition) is 2. The molecule has 0 spiro atoms. The zero-order chi connectivity index (χ0) is 13.7. The summed E-state index contributed by atoms with van der Waals surface area (Å²) in [5, 5.41) is 7.10. The highest BCUT2D eigenvalue weighted by Gasteiger charge is 2.11. The molecular formula is C14H16BrN2OS+. The number of carbonyl (C=O) groups excluding carboxylic acids is 1. The Morgan fingerprint density at radius 1 is 1.37 bits per heavy atom. The number of halogens is 1. The van der Waals surface area contributed by atoms with Crippen LogP contribution in [0.3, 0.4) is 0 Å². The molecule has 0 saturated heterocycles. The zero-order valence-electron chi connectivity index (χ0n) is 10.7. The van der Waals surface area contributed by atoms with Crippen molar-refractivity contribution >= 4 is 38.9 Å². The number of amides is 1. The van der Waals surface area contributed by atoms with Crippen molar-refractivity contribution in [2.75, 3.05) is 18.9 Å². The Morgan fingerprint density at radius 2 is 2.16 bits per heavy atom. The molecule has 1 heterocycles. The van der Waals surface area contributed by atoms with Crippen LogP contribution < -0.4 is 10.2 Å². The molecule has 0 saturated carbocycles. The number of likely N-dealkylation sites (N-methyl/N-ethyl adjacent to an activating group) is 1. The van der Waals surface area contributed by atoms with Crippen LogP contribution in [0.2, 0.25) is 0 Å². The van der Waals surface area contributed by atoms with E-state index in [4.69, 9.17) is 0 Å². The second-order valence-corrected chi connectivity index (χ2v) is 6.10. The van der Waals surface area contributed by atoms with E-state index in [0.717, 1.165) is 16.7 Å². The number of rotatable bonds is 5. The molecule has 0 fully saturated rings. The van der Waals surface area contributed by atoms with Crippen molar-refractivity contribution in [3.63, 3.8) is 0 Å². The highest BCUT2D eigenvalue weighted by molar-refractivity contribution is 9.10. The van der Waals surface area contributed by atoms with Crippen LogP contribution in [0.1, 0.15) is 5.56 Å². The van der Waals surface area contributed by atoms with Crippen molar-refractivity contribution < 1.29 is 9.69 Å². The Balaban J connectivity index is 1.86. The molecule has 1 amide bonds. The second kappa shape index (κ2) is 6.84. The minimum atomic E-state index is 0.0274. The van der Waals surface area contributed by atoms with Gasteiger partial charge in [-0.15, -0.1) is 0 Å². The lowest BCUT2D eigenvalue weighted by Gasteiger charge is -2.13. The van der Waals surface area contributed by atoms with Crippen molar-refractivity contribution in [1.82, 2.24) is 0 Å². The second-order valence-electron chi connectivity index (χ2n) is 4.47. The van der Waals surface area contributed by atoms with E-state index in [0.29, 0.717) is 6.54 Å². The summed E-state index contributed by atoms with van der Waals surface area (Å²) in [6.07, 6.45) is 0. The minimum Gasteiger partial charge on any atom is -0.326 e. The third-order valence-corrected chi connectivity index (χ3v) is 4.12. The van der Waals surface area contributed by atoms with Crippen LogP contribution in [0.15, 0.2) is 45.6 Å². The summed E-state index contributed by atoms with van der Waals surface area (Å²) in [6, 6.07) is 9.73. The fraction of sp³-hybridized carbons (Fsp3) is 0.214. The fourth-order valence-corrected chi connectivity index (χ4v) is 2.89. The van der Waals surface area contributed by atoms with Crippen LogP contribution >= 0.6 is 27.3 Å². The summed E-state index contributed by atoms with van der Waals surface area (Å²) in [7, 11) is 2.03. The topological polar surface area (TPSA) is 33.5 Å². The van der Waals surface area contributed by atoms with E-state index in [1.165, 1.54) is 10.5 Å². The standard InChI is InChI=1S/C14H15BrN2OS/c1-17(8-11-6-7-19-10-11)9-14(18)16-13-5-3-2-4-12(13)15/h2-7,10H,8-9H2,1H3,(H,16,18)/p+1. The first-order chi connectivity index (χ1) is 9.15. The lowest BCUT2D eigenvalue weighted by molar-refractivity contribution is -0.885. The molecule has 2 aromatic rings. The van der Waals surface area contributed by atoms with Gasteiger partial charge in [0.2, 0.25) is 0 Å². The van der Waals surface area contributed by atoms with E-state index in [2.05, 4.69) is 38.1 Å². The highest BCUT2D eigenvalue weighted by atomic mass is 79.9. The summed E-state index contributed by atoms with van der Waals surface area (Å²) in [6.45, 7) is 1.32. The fourth-order valence-electron chi connectivity index (χ4n) is 1.84. The number of benzene rings is 1. The quantitative estimate of drug-likeness (QED) is 0.859. The van der Waals surface area contributed by atoms with Gasteiger partial charge < -0.3 is 10.2 Å². The first kappa shape index (κ1) is 14.2. The van der Waals surface area contributed by atoms with Gasteiger partial charge in [-0.05, 0) is 44.9 Å². The molecule has 1 unspecified atom stereocenters. The van der Waals surface area contributed by atoms with E-state index >= 15 is 0 Å². The number of carbonyl (C=O) groups is 1. The number of hydrogen-bond donors (Lipinski definition) is 2. The van der Waals surface area contributed by atoms with E-state index < -0.39 is 0 Å². The Hall–Kier alpha value is -1.17. The average molecular weight is 340 g/mol. The predicted octanol–water partition coefficient (Wildman–Crippen LogP) is 2.16. The van der Waals surface area contributed by atoms with E-state index in [1.54, 1.807) is 11.3 Å². The SMILES string of the molecule is C[NH+](CC(=O)Nc1ccccc1Br)Cc1ccsc1. The molecule has 2 N–H and O–H groups in total. The molecule has 3 nitrogen and oxygen atoms in total. The van der Waals surface area contributed by atoms with Gasteiger partial charge in [0, 0.05) is 10.0 Å². The van der Waals surface area contributed by atoms with Gasteiger partial charge in [-0.1, -0.05) is 12.1 Å². The molecule has 5 heteroatoms. The van der Waals surface area contributed by atoms with Gasteiger partial charge in [0.05, 0.1) is 12.7 Å². The summed E-state index contributed by atoms with van der Waals surface area (Å²) < 4.78 is 0.902. The first-order valence-electron chi connectivity index (χ1n) is 6.02. The summed E-state index contributed by atoms with van der Waals surface area (Å²) in [5.74, 6) is 0.0274. The molecule has 1 atom stereocenters. The monoisotopic (exact) mass is 339 g/mol. The molecule has 1 aromatic heterocycles. The predicted molar refractivity (Wildman–Crippen MR) is 82.5 cm³/mol. The van der Waals surface area contributed by atoms with Crippen molar-refractivity contribution in [2.45, 2.75) is 6.54 Å². The Labute approximate surface area is 125 Å². The van der Waals surface area contributed by atoms with Crippen LogP contribution in [0, 0.1) is 0 Å². The van der Waals surface area contributed by atoms with Gasteiger partial charge in [-0.25, -0.2) is 0 Å². The van der Waals surface area contributed by atoms with Gasteiger partial charge in [-0.3, -0.25) is 4.79 Å². The lowest BCUT2D eigenvalue weighted by atomic mass is 10.3. The van der Waals surface area contributed by atoms with Gasteiger partial charge >= 0.3 is 0 Å². The molecule has 0 aliphatic heterocycles.